The fourth-order valence-electron chi connectivity index (χ4n) is 2.61. The molecule has 2 aromatic rings. The molecular formula is C17H19N5O3. The summed E-state index contributed by atoms with van der Waals surface area (Å²) in [4.78, 5) is 33.8. The minimum absolute atomic E-state index is 0.0772. The second-order valence-corrected chi connectivity index (χ2v) is 6.28. The third-order valence-corrected chi connectivity index (χ3v) is 4.37. The Labute approximate surface area is 144 Å². The number of benzene rings is 1. The zero-order valence-electron chi connectivity index (χ0n) is 14.0. The van der Waals surface area contributed by atoms with E-state index in [1.54, 1.807) is 43.0 Å². The molecule has 1 aromatic heterocycles. The molecule has 0 saturated carbocycles. The highest BCUT2D eigenvalue weighted by molar-refractivity contribution is 6.10. The van der Waals surface area contributed by atoms with Gasteiger partial charge in [0.25, 0.3) is 5.91 Å². The Hall–Kier alpha value is -3.16. The molecule has 2 heterocycles. The van der Waals surface area contributed by atoms with E-state index in [1.807, 2.05) is 0 Å². The number of ether oxygens (including phenoxy) is 1. The molecule has 1 aliphatic heterocycles. The Morgan fingerprint density at radius 1 is 1.24 bits per heavy atom. The Morgan fingerprint density at radius 3 is 2.56 bits per heavy atom. The van der Waals surface area contributed by atoms with Gasteiger partial charge in [-0.25, -0.2) is 9.97 Å². The molecule has 1 aromatic carbocycles. The minimum atomic E-state index is -0.796. The molecule has 0 radical (unpaired) electrons. The fraction of sp³-hybridized carbons (Fsp3) is 0.294. The average Bonchev–Trinajstić information content (AvgIpc) is 2.75. The molecule has 2 amide bonds. The monoisotopic (exact) mass is 341 g/mol. The predicted molar refractivity (Wildman–Crippen MR) is 92.3 cm³/mol. The molecule has 8 nitrogen and oxygen atoms in total. The zero-order valence-corrected chi connectivity index (χ0v) is 14.0. The van der Waals surface area contributed by atoms with Crippen molar-refractivity contribution in [2.24, 2.45) is 5.73 Å². The lowest BCUT2D eigenvalue weighted by atomic mass is 9.84. The second-order valence-electron chi connectivity index (χ2n) is 6.28. The van der Waals surface area contributed by atoms with Crippen LogP contribution in [0.3, 0.4) is 0 Å². The van der Waals surface area contributed by atoms with Crippen molar-refractivity contribution in [3.05, 3.63) is 41.7 Å². The van der Waals surface area contributed by atoms with E-state index in [0.29, 0.717) is 12.2 Å². The number of fused-ring (bicyclic) bond motifs is 1. The summed E-state index contributed by atoms with van der Waals surface area (Å²) in [5, 5.41) is 0. The van der Waals surface area contributed by atoms with Gasteiger partial charge in [0.05, 0.1) is 12.0 Å². The van der Waals surface area contributed by atoms with E-state index in [9.17, 15) is 9.59 Å². The third-order valence-electron chi connectivity index (χ3n) is 4.37. The Balaban J connectivity index is 1.96. The lowest BCUT2D eigenvalue weighted by molar-refractivity contribution is -0.122. The van der Waals surface area contributed by atoms with Crippen molar-refractivity contribution in [3.63, 3.8) is 0 Å². The quantitative estimate of drug-likeness (QED) is 0.853. The topological polar surface area (TPSA) is 124 Å². The summed E-state index contributed by atoms with van der Waals surface area (Å²) in [5.74, 6) is -0.481. The van der Waals surface area contributed by atoms with Crippen LogP contribution in [0.2, 0.25) is 0 Å². The van der Waals surface area contributed by atoms with Gasteiger partial charge in [0, 0.05) is 5.69 Å². The maximum absolute atomic E-state index is 12.9. The summed E-state index contributed by atoms with van der Waals surface area (Å²) < 4.78 is 5.51. The van der Waals surface area contributed by atoms with Gasteiger partial charge in [-0.3, -0.25) is 9.59 Å². The normalized spacial score (nSPS) is 14.5. The van der Waals surface area contributed by atoms with Crippen LogP contribution in [-0.4, -0.2) is 34.9 Å². The molecule has 0 saturated heterocycles. The predicted octanol–water partition coefficient (Wildman–Crippen LogP) is 0.861. The molecule has 3 rings (SSSR count). The highest BCUT2D eigenvalue weighted by atomic mass is 16.5. The average molecular weight is 341 g/mol. The summed E-state index contributed by atoms with van der Waals surface area (Å²) in [6.45, 7) is 4.13. The smallest absolute Gasteiger partial charge is 0.267 e. The number of nitrogen functional groups attached to an aromatic ring is 1. The van der Waals surface area contributed by atoms with Gasteiger partial charge in [0.15, 0.2) is 0 Å². The van der Waals surface area contributed by atoms with Crippen LogP contribution in [0.25, 0.3) is 0 Å². The van der Waals surface area contributed by atoms with Gasteiger partial charge in [-0.1, -0.05) is 12.1 Å². The Bertz CT molecular complexity index is 833. The van der Waals surface area contributed by atoms with Crippen molar-refractivity contribution in [2.75, 3.05) is 23.8 Å². The molecule has 1 aliphatic rings. The first kappa shape index (κ1) is 16.7. The van der Waals surface area contributed by atoms with E-state index in [0.717, 1.165) is 5.56 Å². The number of carbonyl (C=O) groups is 2. The van der Waals surface area contributed by atoms with Crippen LogP contribution in [0, 0.1) is 0 Å². The van der Waals surface area contributed by atoms with Crippen molar-refractivity contribution >= 4 is 23.3 Å². The molecule has 0 fully saturated rings. The second kappa shape index (κ2) is 6.04. The first-order valence-corrected chi connectivity index (χ1v) is 7.78. The summed E-state index contributed by atoms with van der Waals surface area (Å²) in [7, 11) is 0. The summed E-state index contributed by atoms with van der Waals surface area (Å²) in [5.41, 5.74) is 12.1. The largest absolute Gasteiger partial charge is 0.475 e. The maximum atomic E-state index is 12.9. The number of anilines is 2. The zero-order chi connectivity index (χ0) is 18.2. The molecule has 25 heavy (non-hydrogen) atoms. The lowest BCUT2D eigenvalue weighted by Gasteiger charge is -2.24. The van der Waals surface area contributed by atoms with Gasteiger partial charge in [-0.15, -0.1) is 0 Å². The first-order chi connectivity index (χ1) is 11.8. The molecule has 4 N–H and O–H groups in total. The number of primary amides is 1. The highest BCUT2D eigenvalue weighted by Gasteiger charge is 2.30. The number of hydrogen-bond donors (Lipinski definition) is 2. The molecule has 0 aliphatic carbocycles. The van der Waals surface area contributed by atoms with Gasteiger partial charge >= 0.3 is 0 Å². The van der Waals surface area contributed by atoms with E-state index >= 15 is 0 Å². The van der Waals surface area contributed by atoms with Crippen LogP contribution in [0.1, 0.15) is 29.8 Å². The summed E-state index contributed by atoms with van der Waals surface area (Å²) in [6.07, 6.45) is 1.26. The maximum Gasteiger partial charge on any atom is 0.267 e. The molecule has 0 atom stereocenters. The van der Waals surface area contributed by atoms with Crippen LogP contribution >= 0.6 is 0 Å². The van der Waals surface area contributed by atoms with Crippen LogP contribution in [0.4, 0.5) is 11.5 Å². The van der Waals surface area contributed by atoms with Crippen LogP contribution in [-0.2, 0) is 10.2 Å². The van der Waals surface area contributed by atoms with Crippen molar-refractivity contribution < 1.29 is 14.3 Å². The van der Waals surface area contributed by atoms with E-state index in [1.165, 1.54) is 6.33 Å². The SMILES string of the molecule is CC(C)(C(N)=O)c1ccc(N2CCOc3ncnc(N)c3C2=O)cc1. The third kappa shape index (κ3) is 2.86. The molecular weight excluding hydrogens is 322 g/mol. The molecule has 0 bridgehead atoms. The number of aromatic nitrogens is 2. The van der Waals surface area contributed by atoms with Crippen molar-refractivity contribution in [1.82, 2.24) is 9.97 Å². The number of nitrogens with two attached hydrogens (primary N) is 2. The lowest BCUT2D eigenvalue weighted by Crippen LogP contribution is -2.36. The Kier molecular flexibility index (Phi) is 4.03. The summed E-state index contributed by atoms with van der Waals surface area (Å²) >= 11 is 0. The summed E-state index contributed by atoms with van der Waals surface area (Å²) in [6, 6.07) is 7.10. The van der Waals surface area contributed by atoms with Gasteiger partial charge in [0.2, 0.25) is 11.8 Å². The van der Waals surface area contributed by atoms with Crippen molar-refractivity contribution in [3.8, 4) is 5.88 Å². The highest BCUT2D eigenvalue weighted by Crippen LogP contribution is 2.29. The molecule has 0 unspecified atom stereocenters. The Morgan fingerprint density at radius 2 is 1.92 bits per heavy atom. The van der Waals surface area contributed by atoms with Crippen molar-refractivity contribution in [1.29, 1.82) is 0 Å². The van der Waals surface area contributed by atoms with Crippen LogP contribution < -0.4 is 21.1 Å². The molecule has 130 valence electrons. The van der Waals surface area contributed by atoms with Crippen LogP contribution in [0.5, 0.6) is 5.88 Å². The number of hydrogen-bond acceptors (Lipinski definition) is 6. The van der Waals surface area contributed by atoms with E-state index in [2.05, 4.69) is 9.97 Å². The van der Waals surface area contributed by atoms with Crippen LogP contribution in [0.15, 0.2) is 30.6 Å². The van der Waals surface area contributed by atoms with Gasteiger partial charge in [-0.2, -0.15) is 0 Å². The first-order valence-electron chi connectivity index (χ1n) is 7.78. The number of carbonyl (C=O) groups excluding carboxylic acids is 2. The molecule has 8 heteroatoms. The molecule has 0 spiro atoms. The number of nitrogens with zero attached hydrogens (tertiary/aromatic N) is 3. The van der Waals surface area contributed by atoms with E-state index < -0.39 is 11.3 Å². The number of amides is 2. The minimum Gasteiger partial charge on any atom is -0.475 e. The van der Waals surface area contributed by atoms with Crippen molar-refractivity contribution in [2.45, 2.75) is 19.3 Å². The van der Waals surface area contributed by atoms with E-state index in [4.69, 9.17) is 16.2 Å². The standard InChI is InChI=1S/C17H19N5O3/c1-17(2,16(19)24)10-3-5-11(6-4-10)22-7-8-25-14-12(15(22)23)13(18)20-9-21-14/h3-6,9H,7-8H2,1-2H3,(H2,19,24)(H2,18,20,21). The van der Waals surface area contributed by atoms with Gasteiger partial charge < -0.3 is 21.1 Å². The van der Waals surface area contributed by atoms with Gasteiger partial charge in [-0.05, 0) is 31.5 Å². The van der Waals surface area contributed by atoms with Gasteiger partial charge in [0.1, 0.15) is 24.3 Å². The fourth-order valence-corrected chi connectivity index (χ4v) is 2.61. The van der Waals surface area contributed by atoms with E-state index in [-0.39, 0.29) is 29.8 Å². The number of rotatable bonds is 3.